The van der Waals surface area contributed by atoms with Crippen molar-refractivity contribution < 1.29 is 22.1 Å². The van der Waals surface area contributed by atoms with E-state index in [0.717, 1.165) is 5.56 Å². The van der Waals surface area contributed by atoms with E-state index in [-0.39, 0.29) is 22.0 Å². The van der Waals surface area contributed by atoms with Gasteiger partial charge in [-0.3, -0.25) is 9.78 Å². The molecule has 9 heteroatoms. The molecule has 0 saturated heterocycles. The van der Waals surface area contributed by atoms with Gasteiger partial charge in [0, 0.05) is 18.5 Å². The molecule has 1 aromatic carbocycles. The van der Waals surface area contributed by atoms with Crippen LogP contribution in [-0.2, 0) is 14.9 Å². The third kappa shape index (κ3) is 3.68. The summed E-state index contributed by atoms with van der Waals surface area (Å²) in [5.41, 5.74) is 1.10. The molecule has 2 aromatic heterocycles. The molecule has 0 aliphatic heterocycles. The summed E-state index contributed by atoms with van der Waals surface area (Å²) in [5.74, 6) is -1.21. The van der Waals surface area contributed by atoms with Crippen molar-refractivity contribution in [2.45, 2.75) is 18.7 Å². The van der Waals surface area contributed by atoms with Gasteiger partial charge in [-0.15, -0.1) is 0 Å². The van der Waals surface area contributed by atoms with Gasteiger partial charge >= 0.3 is 16.1 Å². The number of fused-ring (bicyclic) bond motifs is 1. The number of carbonyl (C=O) groups excluding carboxylic acids is 1. The molecule has 0 saturated carbocycles. The van der Waals surface area contributed by atoms with Gasteiger partial charge in [0.15, 0.2) is 0 Å². The van der Waals surface area contributed by atoms with E-state index in [1.165, 1.54) is 25.3 Å². The van der Waals surface area contributed by atoms with Gasteiger partial charge in [0.05, 0.1) is 0 Å². The van der Waals surface area contributed by atoms with Crippen molar-refractivity contribution >= 4 is 42.9 Å². The van der Waals surface area contributed by atoms with E-state index < -0.39 is 16.1 Å². The molecule has 0 atom stereocenters. The van der Waals surface area contributed by atoms with Crippen LogP contribution in [0.3, 0.4) is 0 Å². The Kier molecular flexibility index (Phi) is 4.92. The highest BCUT2D eigenvalue weighted by Gasteiger charge is 2.25. The van der Waals surface area contributed by atoms with Crippen molar-refractivity contribution in [3.8, 4) is 11.6 Å². The molecule has 0 radical (unpaired) electrons. The second kappa shape index (κ2) is 7.00. The van der Waals surface area contributed by atoms with Gasteiger partial charge in [0.2, 0.25) is 5.75 Å². The van der Waals surface area contributed by atoms with Crippen molar-refractivity contribution in [2.75, 3.05) is 0 Å². The van der Waals surface area contributed by atoms with Crippen molar-refractivity contribution in [3.05, 3.63) is 52.8 Å². The first-order chi connectivity index (χ1) is 12.3. The first-order valence-corrected chi connectivity index (χ1v) is 9.62. The maximum Gasteiger partial charge on any atom is 0.339 e. The summed E-state index contributed by atoms with van der Waals surface area (Å²) in [6, 6.07) is 9.51. The molecule has 0 fully saturated rings. The molecular formula is C17H13BrN2O5S. The first kappa shape index (κ1) is 18.3. The van der Waals surface area contributed by atoms with Crippen molar-refractivity contribution in [3.63, 3.8) is 0 Å². The monoisotopic (exact) mass is 436 g/mol. The normalized spacial score (nSPS) is 11.3. The molecule has 3 aromatic rings. The lowest BCUT2D eigenvalue weighted by Crippen LogP contribution is -2.13. The number of pyridine rings is 2. The van der Waals surface area contributed by atoms with Crippen molar-refractivity contribution in [1.82, 2.24) is 9.97 Å². The van der Waals surface area contributed by atoms with Crippen LogP contribution in [0.15, 0.2) is 52.1 Å². The number of nitrogens with zero attached hydrogens (tertiary/aromatic N) is 2. The molecule has 0 bridgehead atoms. The molecule has 134 valence electrons. The van der Waals surface area contributed by atoms with Gasteiger partial charge in [0.1, 0.15) is 15.0 Å². The quantitative estimate of drug-likeness (QED) is 0.351. The molecule has 7 nitrogen and oxygen atoms in total. The molecular weight excluding hydrogens is 424 g/mol. The standard InChI is InChI=1S/C17H13BrN2O5S/c1-10-5-7-12(8-6-10)26(22,23)25-15-14-13(4-3-9-19-14)16(18)20-17(15)24-11(2)21/h3-9H,1-2H3. The van der Waals surface area contributed by atoms with E-state index in [1.807, 2.05) is 6.92 Å². The maximum absolute atomic E-state index is 12.6. The smallest absolute Gasteiger partial charge is 0.339 e. The summed E-state index contributed by atoms with van der Waals surface area (Å²) in [5, 5.41) is 0.512. The Hall–Kier alpha value is -2.52. The highest BCUT2D eigenvalue weighted by Crippen LogP contribution is 2.38. The number of rotatable bonds is 4. The highest BCUT2D eigenvalue weighted by atomic mass is 79.9. The molecule has 0 unspecified atom stereocenters. The van der Waals surface area contributed by atoms with E-state index in [1.54, 1.807) is 24.3 Å². The molecule has 2 heterocycles. The van der Waals surface area contributed by atoms with Gasteiger partial charge in [-0.1, -0.05) is 17.7 Å². The average molecular weight is 437 g/mol. The third-order valence-electron chi connectivity index (χ3n) is 3.38. The van der Waals surface area contributed by atoms with Gasteiger partial charge in [-0.25, -0.2) is 4.98 Å². The van der Waals surface area contributed by atoms with Crippen LogP contribution in [0.25, 0.3) is 10.9 Å². The molecule has 0 N–H and O–H groups in total. The number of halogens is 1. The highest BCUT2D eigenvalue weighted by molar-refractivity contribution is 9.10. The lowest BCUT2D eigenvalue weighted by molar-refractivity contribution is -0.132. The Morgan fingerprint density at radius 3 is 2.50 bits per heavy atom. The zero-order chi connectivity index (χ0) is 18.9. The van der Waals surface area contributed by atoms with Crippen LogP contribution < -0.4 is 8.92 Å². The fourth-order valence-electron chi connectivity index (χ4n) is 2.20. The third-order valence-corrected chi connectivity index (χ3v) is 5.22. The SMILES string of the molecule is CC(=O)Oc1nc(Br)c2cccnc2c1OS(=O)(=O)c1ccc(C)cc1. The molecule has 26 heavy (non-hydrogen) atoms. The van der Waals surface area contributed by atoms with Crippen LogP contribution in [0.1, 0.15) is 12.5 Å². The zero-order valence-electron chi connectivity index (χ0n) is 13.8. The lowest BCUT2D eigenvalue weighted by atomic mass is 10.2. The second-order valence-corrected chi connectivity index (χ2v) is 7.68. The van der Waals surface area contributed by atoms with Crippen LogP contribution in [0.2, 0.25) is 0 Å². The Bertz CT molecular complexity index is 1100. The summed E-state index contributed by atoms with van der Waals surface area (Å²) in [7, 11) is -4.18. The minimum atomic E-state index is -4.18. The fourth-order valence-corrected chi connectivity index (χ4v) is 3.61. The number of aromatic nitrogens is 2. The summed E-state index contributed by atoms with van der Waals surface area (Å²) in [6.07, 6.45) is 1.47. The number of esters is 1. The Balaban J connectivity index is 2.17. The predicted molar refractivity (Wildman–Crippen MR) is 97.5 cm³/mol. The molecule has 0 amide bonds. The van der Waals surface area contributed by atoms with Gasteiger partial charge in [-0.2, -0.15) is 8.42 Å². The number of hydrogen-bond acceptors (Lipinski definition) is 7. The van der Waals surface area contributed by atoms with Crippen molar-refractivity contribution in [2.24, 2.45) is 0 Å². The van der Waals surface area contributed by atoms with Gasteiger partial charge in [-0.05, 0) is 47.1 Å². The number of aryl methyl sites for hydroxylation is 1. The summed E-state index contributed by atoms with van der Waals surface area (Å²) >= 11 is 3.26. The number of ether oxygens (including phenoxy) is 1. The van der Waals surface area contributed by atoms with E-state index >= 15 is 0 Å². The number of carbonyl (C=O) groups is 1. The largest absolute Gasteiger partial charge is 0.403 e. The molecule has 0 aliphatic carbocycles. The summed E-state index contributed by atoms with van der Waals surface area (Å²) in [6.45, 7) is 3.02. The van der Waals surface area contributed by atoms with Crippen LogP contribution in [0, 0.1) is 6.92 Å². The Morgan fingerprint density at radius 1 is 1.15 bits per heavy atom. The minimum absolute atomic E-state index is 0.0381. The van der Waals surface area contributed by atoms with Crippen LogP contribution in [0.4, 0.5) is 0 Å². The second-order valence-electron chi connectivity index (χ2n) is 5.38. The predicted octanol–water partition coefficient (Wildman–Crippen LogP) is 3.39. The lowest BCUT2D eigenvalue weighted by Gasteiger charge is -2.13. The summed E-state index contributed by atoms with van der Waals surface area (Å²) < 4.78 is 35.9. The van der Waals surface area contributed by atoms with Crippen LogP contribution >= 0.6 is 15.9 Å². The first-order valence-electron chi connectivity index (χ1n) is 7.42. The topological polar surface area (TPSA) is 95.4 Å². The van der Waals surface area contributed by atoms with Crippen LogP contribution in [0.5, 0.6) is 11.6 Å². The van der Waals surface area contributed by atoms with E-state index in [4.69, 9.17) is 8.92 Å². The molecule has 0 aliphatic rings. The van der Waals surface area contributed by atoms with Gasteiger partial charge < -0.3 is 8.92 Å². The van der Waals surface area contributed by atoms with E-state index in [2.05, 4.69) is 25.9 Å². The zero-order valence-corrected chi connectivity index (χ0v) is 16.2. The molecule has 3 rings (SSSR count). The summed E-state index contributed by atoms with van der Waals surface area (Å²) in [4.78, 5) is 19.6. The number of hydrogen-bond donors (Lipinski definition) is 0. The molecule has 0 spiro atoms. The minimum Gasteiger partial charge on any atom is -0.403 e. The van der Waals surface area contributed by atoms with E-state index in [9.17, 15) is 13.2 Å². The van der Waals surface area contributed by atoms with E-state index in [0.29, 0.717) is 9.99 Å². The number of benzene rings is 1. The van der Waals surface area contributed by atoms with Crippen LogP contribution in [-0.4, -0.2) is 24.4 Å². The van der Waals surface area contributed by atoms with Crippen molar-refractivity contribution in [1.29, 1.82) is 0 Å². The maximum atomic E-state index is 12.6. The fraction of sp³-hybridized carbons (Fsp3) is 0.118. The Labute approximate surface area is 158 Å². The average Bonchev–Trinajstić information content (AvgIpc) is 2.58. The van der Waals surface area contributed by atoms with Gasteiger partial charge in [0.25, 0.3) is 5.88 Å². The Morgan fingerprint density at radius 2 is 1.85 bits per heavy atom.